The van der Waals surface area contributed by atoms with Gasteiger partial charge in [0.1, 0.15) is 11.2 Å². The number of nitrogens with zero attached hydrogens (tertiary/aromatic N) is 2. The van der Waals surface area contributed by atoms with Crippen LogP contribution in [0.3, 0.4) is 0 Å². The number of carbonyl (C=O) groups is 1. The van der Waals surface area contributed by atoms with Gasteiger partial charge in [-0.1, -0.05) is 18.9 Å². The van der Waals surface area contributed by atoms with Gasteiger partial charge in [0.2, 0.25) is 0 Å². The average molecular weight is 341 g/mol. The summed E-state index contributed by atoms with van der Waals surface area (Å²) in [5.74, 6) is -0.332. The largest absolute Gasteiger partial charge is 0.378 e. The zero-order chi connectivity index (χ0) is 17.4. The van der Waals surface area contributed by atoms with Crippen molar-refractivity contribution in [2.75, 3.05) is 6.61 Å². The molecule has 2 fully saturated rings. The predicted octanol–water partition coefficient (Wildman–Crippen LogP) is 2.16. The van der Waals surface area contributed by atoms with Gasteiger partial charge >= 0.3 is 0 Å². The molecule has 25 heavy (non-hydrogen) atoms. The average Bonchev–Trinajstić information content (AvgIpc) is 3.14. The molecule has 6 heteroatoms. The summed E-state index contributed by atoms with van der Waals surface area (Å²) in [6.07, 6.45) is 8.58. The molecule has 6 nitrogen and oxygen atoms in total. The van der Waals surface area contributed by atoms with Gasteiger partial charge in [0, 0.05) is 30.5 Å². The first kappa shape index (κ1) is 16.3. The van der Waals surface area contributed by atoms with Gasteiger partial charge in [0.15, 0.2) is 0 Å². The van der Waals surface area contributed by atoms with Crippen LogP contribution in [0.5, 0.6) is 0 Å². The third-order valence-corrected chi connectivity index (χ3v) is 5.85. The Balaban J connectivity index is 1.57. The first-order valence-corrected chi connectivity index (χ1v) is 9.04. The molecule has 1 N–H and O–H groups in total. The Morgan fingerprint density at radius 3 is 2.96 bits per heavy atom. The van der Waals surface area contributed by atoms with E-state index in [1.807, 2.05) is 13.0 Å². The van der Waals surface area contributed by atoms with Crippen LogP contribution in [0, 0.1) is 5.41 Å². The van der Waals surface area contributed by atoms with Crippen molar-refractivity contribution >= 4 is 11.6 Å². The Bertz CT molecular complexity index is 854. The number of rotatable bonds is 4. The van der Waals surface area contributed by atoms with Crippen LogP contribution in [0.1, 0.15) is 49.4 Å². The maximum Gasteiger partial charge on any atom is 0.270 e. The van der Waals surface area contributed by atoms with Crippen LogP contribution in [-0.2, 0) is 4.74 Å². The van der Waals surface area contributed by atoms with Crippen LogP contribution in [0.2, 0.25) is 0 Å². The van der Waals surface area contributed by atoms with E-state index in [0.717, 1.165) is 19.3 Å². The first-order chi connectivity index (χ1) is 12.2. The van der Waals surface area contributed by atoms with E-state index in [0.29, 0.717) is 12.3 Å². The molecule has 4 rings (SSSR count). The van der Waals surface area contributed by atoms with Crippen LogP contribution >= 0.6 is 0 Å². The van der Waals surface area contributed by atoms with Gasteiger partial charge in [-0.05, 0) is 38.3 Å². The lowest BCUT2D eigenvalue weighted by molar-refractivity contribution is -0.127. The quantitative estimate of drug-likeness (QED) is 0.925. The summed E-state index contributed by atoms with van der Waals surface area (Å²) in [5, 5.41) is 3.09. The summed E-state index contributed by atoms with van der Waals surface area (Å²) < 4.78 is 7.29. The number of nitrogens with one attached hydrogen (secondary N) is 1. The third kappa shape index (κ3) is 2.56. The minimum absolute atomic E-state index is 0.0478. The number of carbonyl (C=O) groups excluding carboxylic acids is 1. The summed E-state index contributed by atoms with van der Waals surface area (Å²) >= 11 is 0. The highest BCUT2D eigenvalue weighted by Crippen LogP contribution is 2.54. The van der Waals surface area contributed by atoms with Crippen molar-refractivity contribution < 1.29 is 9.53 Å². The SMILES string of the molecule is CCO[C@@H]1C[C@H](NC(=O)c2cnc3ccccn3c2=O)C12CCCC2. The molecule has 0 saturated heterocycles. The number of fused-ring (bicyclic) bond motifs is 1. The van der Waals surface area contributed by atoms with E-state index < -0.39 is 0 Å². The van der Waals surface area contributed by atoms with E-state index in [1.165, 1.54) is 23.4 Å². The molecule has 1 amide bonds. The van der Waals surface area contributed by atoms with Crippen molar-refractivity contribution in [2.45, 2.75) is 51.2 Å². The molecule has 132 valence electrons. The van der Waals surface area contributed by atoms with Crippen molar-refractivity contribution in [3.63, 3.8) is 0 Å². The second-order valence-electron chi connectivity index (χ2n) is 7.05. The first-order valence-electron chi connectivity index (χ1n) is 9.04. The van der Waals surface area contributed by atoms with Gasteiger partial charge in [-0.25, -0.2) is 4.98 Å². The van der Waals surface area contributed by atoms with Crippen LogP contribution in [0.4, 0.5) is 0 Å². The number of ether oxygens (including phenoxy) is 1. The smallest absolute Gasteiger partial charge is 0.270 e. The van der Waals surface area contributed by atoms with E-state index in [9.17, 15) is 9.59 Å². The molecule has 2 saturated carbocycles. The highest BCUT2D eigenvalue weighted by molar-refractivity contribution is 5.94. The topological polar surface area (TPSA) is 72.7 Å². The van der Waals surface area contributed by atoms with E-state index >= 15 is 0 Å². The van der Waals surface area contributed by atoms with Crippen LogP contribution in [0.25, 0.3) is 5.65 Å². The lowest BCUT2D eigenvalue weighted by Gasteiger charge is -2.54. The fourth-order valence-corrected chi connectivity index (χ4v) is 4.51. The van der Waals surface area contributed by atoms with E-state index in [4.69, 9.17) is 4.74 Å². The molecule has 0 unspecified atom stereocenters. The number of aromatic nitrogens is 2. The van der Waals surface area contributed by atoms with Gasteiger partial charge < -0.3 is 10.1 Å². The monoisotopic (exact) mass is 341 g/mol. The Labute approximate surface area is 146 Å². The molecule has 2 aromatic heterocycles. The van der Waals surface area contributed by atoms with E-state index in [2.05, 4.69) is 10.3 Å². The fraction of sp³-hybridized carbons (Fsp3) is 0.526. The summed E-state index contributed by atoms with van der Waals surface area (Å²) in [7, 11) is 0. The zero-order valence-corrected chi connectivity index (χ0v) is 14.4. The highest BCUT2D eigenvalue weighted by atomic mass is 16.5. The summed E-state index contributed by atoms with van der Waals surface area (Å²) in [4.78, 5) is 29.5. The molecule has 2 aromatic rings. The van der Waals surface area contributed by atoms with Crippen molar-refractivity contribution in [2.24, 2.45) is 5.41 Å². The third-order valence-electron chi connectivity index (χ3n) is 5.85. The molecule has 2 aliphatic rings. The second-order valence-corrected chi connectivity index (χ2v) is 7.05. The van der Waals surface area contributed by atoms with Gasteiger partial charge in [0.05, 0.1) is 6.10 Å². The maximum absolute atomic E-state index is 12.7. The van der Waals surface area contributed by atoms with Crippen LogP contribution in [0.15, 0.2) is 35.4 Å². The summed E-state index contributed by atoms with van der Waals surface area (Å²) in [6, 6.07) is 5.39. The van der Waals surface area contributed by atoms with E-state index in [1.54, 1.807) is 18.3 Å². The normalized spacial score (nSPS) is 24.4. The summed E-state index contributed by atoms with van der Waals surface area (Å²) in [5.41, 5.74) is 0.351. The van der Waals surface area contributed by atoms with Crippen molar-refractivity contribution in [3.05, 3.63) is 46.5 Å². The minimum atomic E-state index is -0.332. The molecule has 2 heterocycles. The number of hydrogen-bond acceptors (Lipinski definition) is 4. The molecular weight excluding hydrogens is 318 g/mol. The standard InChI is InChI=1S/C19H23N3O3/c1-2-25-15-11-14(19(15)8-4-5-9-19)21-17(23)13-12-20-16-7-3-6-10-22(16)18(13)24/h3,6-7,10,12,14-15H,2,4-5,8-9,11H2,1H3,(H,21,23)/t14-,15+/m0/s1. The predicted molar refractivity (Wildman–Crippen MR) is 93.6 cm³/mol. The minimum Gasteiger partial charge on any atom is -0.378 e. The van der Waals surface area contributed by atoms with Crippen LogP contribution < -0.4 is 10.9 Å². The molecule has 0 radical (unpaired) electrons. The van der Waals surface area contributed by atoms with Crippen molar-refractivity contribution in [1.29, 1.82) is 0 Å². The molecule has 2 aliphatic carbocycles. The second kappa shape index (κ2) is 6.26. The Hall–Kier alpha value is -2.21. The zero-order valence-electron chi connectivity index (χ0n) is 14.4. The van der Waals surface area contributed by atoms with Gasteiger partial charge in [0.25, 0.3) is 11.5 Å². The maximum atomic E-state index is 12.7. The molecule has 0 bridgehead atoms. The van der Waals surface area contributed by atoms with Gasteiger partial charge in [-0.15, -0.1) is 0 Å². The van der Waals surface area contributed by atoms with Crippen molar-refractivity contribution in [1.82, 2.24) is 14.7 Å². The highest BCUT2D eigenvalue weighted by Gasteiger charge is 2.57. The Morgan fingerprint density at radius 2 is 2.20 bits per heavy atom. The molecule has 0 aromatic carbocycles. The van der Waals surface area contributed by atoms with Crippen molar-refractivity contribution in [3.8, 4) is 0 Å². The lowest BCUT2D eigenvalue weighted by Crippen LogP contribution is -2.64. The van der Waals surface area contributed by atoms with Gasteiger partial charge in [-0.2, -0.15) is 0 Å². The number of hydrogen-bond donors (Lipinski definition) is 1. The molecule has 0 aliphatic heterocycles. The van der Waals surface area contributed by atoms with E-state index in [-0.39, 0.29) is 34.6 Å². The Morgan fingerprint density at radius 1 is 1.40 bits per heavy atom. The van der Waals surface area contributed by atoms with Crippen LogP contribution in [-0.4, -0.2) is 34.0 Å². The number of amides is 1. The molecule has 1 spiro atoms. The van der Waals surface area contributed by atoms with Gasteiger partial charge in [-0.3, -0.25) is 14.0 Å². The number of pyridine rings is 1. The summed E-state index contributed by atoms with van der Waals surface area (Å²) in [6.45, 7) is 2.71. The molecule has 2 atom stereocenters. The Kier molecular flexibility index (Phi) is 4.07. The lowest BCUT2D eigenvalue weighted by atomic mass is 9.60. The fourth-order valence-electron chi connectivity index (χ4n) is 4.51. The molecular formula is C19H23N3O3.